The van der Waals surface area contributed by atoms with Gasteiger partial charge in [0.15, 0.2) is 0 Å². The maximum Gasteiger partial charge on any atom is 2.00 e. The maximum atomic E-state index is 13.9. The molecule has 0 unspecified atom stereocenters. The van der Waals surface area contributed by atoms with Crippen molar-refractivity contribution in [3.63, 3.8) is 0 Å². The molecule has 1 aliphatic carbocycles. The summed E-state index contributed by atoms with van der Waals surface area (Å²) in [4.78, 5) is 43.6. The molecule has 1 saturated carbocycles. The number of hydrogen-bond acceptors (Lipinski definition) is 7. The Morgan fingerprint density at radius 2 is 1.75 bits per heavy atom. The van der Waals surface area contributed by atoms with Crippen LogP contribution in [-0.4, -0.2) is 80.7 Å². The number of benzene rings is 2. The number of esters is 1. The van der Waals surface area contributed by atoms with Gasteiger partial charge in [-0.15, -0.1) is 0 Å². The van der Waals surface area contributed by atoms with Gasteiger partial charge in [-0.3, -0.25) is 14.6 Å². The van der Waals surface area contributed by atoms with E-state index in [1.165, 1.54) is 4.90 Å². The monoisotopic (exact) mass is 572 g/mol. The number of carboxylic acid groups (broad SMARTS) is 1. The van der Waals surface area contributed by atoms with Crippen molar-refractivity contribution in [2.24, 2.45) is 16.3 Å². The van der Waals surface area contributed by atoms with Crippen molar-refractivity contribution in [3.05, 3.63) is 65.7 Å². The first-order valence-electron chi connectivity index (χ1n) is 13.9. The van der Waals surface area contributed by atoms with E-state index in [1.54, 1.807) is 19.1 Å². The molecule has 9 heteroatoms. The number of aliphatic imine (C=N–C) groups is 1. The molecule has 1 heterocycles. The number of carboxylic acids is 1. The second-order valence-corrected chi connectivity index (χ2v) is 10.6. The number of amides is 1. The molecule has 1 fully saturated rings. The van der Waals surface area contributed by atoms with Gasteiger partial charge in [0.25, 0.3) is 5.91 Å². The van der Waals surface area contributed by atoms with Gasteiger partial charge in [0.1, 0.15) is 6.04 Å². The molecule has 2 atom stereocenters. The zero-order valence-corrected chi connectivity index (χ0v) is 25.4. The van der Waals surface area contributed by atoms with Gasteiger partial charge in [0.05, 0.1) is 25.0 Å². The zero-order valence-electron chi connectivity index (χ0n) is 23.2. The molecule has 0 saturated heterocycles. The van der Waals surface area contributed by atoms with Gasteiger partial charge < -0.3 is 24.6 Å². The molecule has 4 rings (SSSR count). The Kier molecular flexibility index (Phi) is 12.0. The van der Waals surface area contributed by atoms with E-state index in [2.05, 4.69) is 4.99 Å². The van der Waals surface area contributed by atoms with Gasteiger partial charge in [-0.1, -0.05) is 61.4 Å². The van der Waals surface area contributed by atoms with E-state index in [-0.39, 0.29) is 56.2 Å². The number of anilines is 1. The number of aliphatic carboxylic acids is 1. The van der Waals surface area contributed by atoms with Crippen molar-refractivity contribution in [1.29, 1.82) is 0 Å². The van der Waals surface area contributed by atoms with Gasteiger partial charge in [-0.2, -0.15) is 0 Å². The topological polar surface area (TPSA) is 122 Å². The van der Waals surface area contributed by atoms with Crippen LogP contribution in [0.25, 0.3) is 0 Å². The quantitative estimate of drug-likeness (QED) is 0.176. The predicted molar refractivity (Wildman–Crippen MR) is 150 cm³/mol. The van der Waals surface area contributed by atoms with E-state index in [0.717, 1.165) is 24.0 Å². The van der Waals surface area contributed by atoms with Crippen molar-refractivity contribution in [3.8, 4) is 0 Å². The van der Waals surface area contributed by atoms with Crippen LogP contribution in [0, 0.1) is 11.3 Å². The average molecular weight is 573 g/mol. The molecule has 2 aromatic rings. The number of hydrogen-bond donors (Lipinski definition) is 0. The van der Waals surface area contributed by atoms with Gasteiger partial charge in [-0.05, 0) is 80.4 Å². The molecule has 0 N–H and O–H groups in total. The van der Waals surface area contributed by atoms with Gasteiger partial charge in [0, 0.05) is 5.69 Å². The van der Waals surface area contributed by atoms with Crippen LogP contribution in [0.1, 0.15) is 63.0 Å². The number of para-hydroxylation sites is 1. The molecule has 1 amide bonds. The summed E-state index contributed by atoms with van der Waals surface area (Å²) in [6.07, 6.45) is 5.23. The van der Waals surface area contributed by atoms with E-state index in [4.69, 9.17) is 4.74 Å². The molecule has 8 nitrogen and oxygen atoms in total. The number of ether oxygens (including phenoxy) is 1. The third-order valence-corrected chi connectivity index (χ3v) is 7.98. The molecule has 0 aromatic heterocycles. The molecule has 1 aliphatic heterocycles. The third kappa shape index (κ3) is 7.86. The first-order valence-corrected chi connectivity index (χ1v) is 13.9. The van der Waals surface area contributed by atoms with Crippen molar-refractivity contribution in [2.75, 3.05) is 18.1 Å². The van der Waals surface area contributed by atoms with Gasteiger partial charge >= 0.3 is 43.7 Å². The van der Waals surface area contributed by atoms with Crippen LogP contribution in [0.15, 0.2) is 59.6 Å². The SMILES string of the molecule is CCOC(=O)[C@H](CCc1ccccc1)CC1(C([O-])=N[C@H]2CCc3ccccc3N(CC(=O)[O-])C2=O)CCCC1.[Ca+2]. The van der Waals surface area contributed by atoms with E-state index in [9.17, 15) is 24.6 Å². The first kappa shape index (κ1) is 32.1. The summed E-state index contributed by atoms with van der Waals surface area (Å²) in [6, 6.07) is 16.0. The van der Waals surface area contributed by atoms with Crippen LogP contribution < -0.4 is 15.1 Å². The molecule has 0 spiro atoms. The van der Waals surface area contributed by atoms with E-state index < -0.39 is 35.8 Å². The number of rotatable bonds is 11. The number of carbonyl (C=O) groups is 3. The van der Waals surface area contributed by atoms with Crippen molar-refractivity contribution in [1.82, 2.24) is 0 Å². The van der Waals surface area contributed by atoms with Crippen molar-refractivity contribution >= 4 is 67.2 Å². The van der Waals surface area contributed by atoms with E-state index >= 15 is 0 Å². The van der Waals surface area contributed by atoms with Crippen LogP contribution in [0.4, 0.5) is 5.69 Å². The summed E-state index contributed by atoms with van der Waals surface area (Å²) in [5.74, 6) is -3.05. The number of carbonyl (C=O) groups excluding carboxylic acids is 3. The number of aryl methyl sites for hydroxylation is 2. The Hall–Kier alpha value is -2.42. The maximum absolute atomic E-state index is 13.9. The Labute approximate surface area is 265 Å². The van der Waals surface area contributed by atoms with Gasteiger partial charge in [-0.25, -0.2) is 0 Å². The summed E-state index contributed by atoms with van der Waals surface area (Å²) in [5, 5.41) is 25.3. The minimum Gasteiger partial charge on any atom is -0.862 e. The second-order valence-electron chi connectivity index (χ2n) is 10.6. The van der Waals surface area contributed by atoms with E-state index in [0.29, 0.717) is 50.6 Å². The second kappa shape index (κ2) is 15.0. The summed E-state index contributed by atoms with van der Waals surface area (Å²) in [7, 11) is 0. The summed E-state index contributed by atoms with van der Waals surface area (Å²) in [5.41, 5.74) is 1.61. The van der Waals surface area contributed by atoms with Crippen LogP contribution in [0.5, 0.6) is 0 Å². The number of fused-ring (bicyclic) bond motifs is 1. The molecule has 208 valence electrons. The standard InChI is InChI=1S/C31H38N2O6.Ca/c1-2-39-29(37)24(15-14-22-10-4-3-5-11-22)20-31(18-8-9-19-31)30(38)32-25-17-16-23-12-6-7-13-26(23)33(28(25)36)21-27(34)35;/h3-7,10-13,24-25H,2,8-9,14-21H2,1H3,(H,32,38)(H,34,35);/q;+2/p-2/t24-,25+;/m1./s1. The Morgan fingerprint density at radius 3 is 2.42 bits per heavy atom. The molecule has 0 bridgehead atoms. The molecule has 40 heavy (non-hydrogen) atoms. The fraction of sp³-hybridized carbons (Fsp3) is 0.484. The average Bonchev–Trinajstić information content (AvgIpc) is 3.38. The normalized spacial score (nSPS) is 19.2. The Bertz CT molecular complexity index is 1200. The molecule has 2 aliphatic rings. The van der Waals surface area contributed by atoms with Crippen molar-refractivity contribution < 1.29 is 29.3 Å². The predicted octanol–water partition coefficient (Wildman–Crippen LogP) is 2.22. The Balaban J connectivity index is 0.00000441. The molecule has 0 radical (unpaired) electrons. The first-order chi connectivity index (χ1) is 18.8. The molecule has 2 aromatic carbocycles. The van der Waals surface area contributed by atoms with Crippen molar-refractivity contribution in [2.45, 2.75) is 70.8 Å². The smallest absolute Gasteiger partial charge is 0.862 e. The Morgan fingerprint density at radius 1 is 1.07 bits per heavy atom. The molecular weight excluding hydrogens is 536 g/mol. The fourth-order valence-corrected chi connectivity index (χ4v) is 5.97. The van der Waals surface area contributed by atoms with Crippen LogP contribution >= 0.6 is 0 Å². The van der Waals surface area contributed by atoms with E-state index in [1.807, 2.05) is 42.5 Å². The minimum absolute atomic E-state index is 0. The van der Waals surface area contributed by atoms with Crippen LogP contribution in [0.3, 0.4) is 0 Å². The van der Waals surface area contributed by atoms with Crippen LogP contribution in [0.2, 0.25) is 0 Å². The molecular formula is C31H36CaN2O6. The largest absolute Gasteiger partial charge is 2.00 e. The summed E-state index contributed by atoms with van der Waals surface area (Å²) >= 11 is 0. The summed E-state index contributed by atoms with van der Waals surface area (Å²) < 4.78 is 5.39. The van der Waals surface area contributed by atoms with Gasteiger partial charge in [0.2, 0.25) is 0 Å². The number of nitrogens with zero attached hydrogens (tertiary/aromatic N) is 2. The fourth-order valence-electron chi connectivity index (χ4n) is 5.97. The van der Waals surface area contributed by atoms with Crippen LogP contribution in [-0.2, 0) is 32.0 Å². The third-order valence-electron chi connectivity index (χ3n) is 7.98. The minimum atomic E-state index is -1.38. The summed E-state index contributed by atoms with van der Waals surface area (Å²) in [6.45, 7) is 1.43. The zero-order chi connectivity index (χ0) is 27.8.